The van der Waals surface area contributed by atoms with Crippen molar-refractivity contribution in [3.63, 3.8) is 0 Å². The minimum Gasteiger partial charge on any atom is -0.493 e. The molecule has 0 bridgehead atoms. The predicted molar refractivity (Wildman–Crippen MR) is 154 cm³/mol. The maximum absolute atomic E-state index is 13.0. The lowest BCUT2D eigenvalue weighted by atomic mass is 10.2. The van der Waals surface area contributed by atoms with Crippen LogP contribution in [0.25, 0.3) is 23.2 Å². The number of halogens is 3. The summed E-state index contributed by atoms with van der Waals surface area (Å²) in [5, 5.41) is 13.4. The van der Waals surface area contributed by atoms with Gasteiger partial charge in [0.2, 0.25) is 11.8 Å². The van der Waals surface area contributed by atoms with Crippen LogP contribution in [0.15, 0.2) is 89.5 Å². The summed E-state index contributed by atoms with van der Waals surface area (Å²) in [6, 6.07) is 19.1. The van der Waals surface area contributed by atoms with Crippen LogP contribution in [0.4, 0.5) is 13.2 Å². The Morgan fingerprint density at radius 3 is 2.43 bits per heavy atom. The van der Waals surface area contributed by atoms with Crippen LogP contribution in [0.1, 0.15) is 28.1 Å². The molecule has 1 N–H and O–H groups in total. The standard InChI is InChI=1S/C32H26F3N3O6/c1-20-26(36-30(44-20)22-6-4-3-5-7-22)19-42-27-14-8-21(16-28(27)41-2)18-43-31-23(9-15-29(39)40)17-38(37-31)25-12-10-24(11-13-25)32(33,34)35/h3-17H,18-19H2,1-2H3,(H,39,40)/b15-9+. The van der Waals surface area contributed by atoms with E-state index in [-0.39, 0.29) is 19.1 Å². The number of hydrogen-bond donors (Lipinski definition) is 1. The Morgan fingerprint density at radius 1 is 1.00 bits per heavy atom. The first-order valence-electron chi connectivity index (χ1n) is 13.2. The van der Waals surface area contributed by atoms with Crippen molar-refractivity contribution >= 4 is 12.0 Å². The Kier molecular flexibility index (Phi) is 8.70. The Bertz CT molecular complexity index is 1780. The minimum atomic E-state index is -4.48. The Balaban J connectivity index is 1.30. The molecule has 3 aromatic carbocycles. The number of carboxylic acids is 1. The van der Waals surface area contributed by atoms with Gasteiger partial charge in [-0.05, 0) is 67.1 Å². The van der Waals surface area contributed by atoms with Gasteiger partial charge in [0.25, 0.3) is 0 Å². The highest BCUT2D eigenvalue weighted by molar-refractivity contribution is 5.85. The van der Waals surface area contributed by atoms with E-state index in [2.05, 4.69) is 10.1 Å². The van der Waals surface area contributed by atoms with Gasteiger partial charge >= 0.3 is 12.1 Å². The van der Waals surface area contributed by atoms with E-state index in [0.29, 0.717) is 45.7 Å². The number of nitrogens with zero attached hydrogens (tertiary/aromatic N) is 3. The number of hydrogen-bond acceptors (Lipinski definition) is 7. The molecule has 0 unspecified atom stereocenters. The number of carbonyl (C=O) groups is 1. The molecule has 0 aliphatic heterocycles. The van der Waals surface area contributed by atoms with Gasteiger partial charge in [-0.25, -0.2) is 14.5 Å². The summed E-state index contributed by atoms with van der Waals surface area (Å²) in [6.07, 6.45) is -0.813. The quantitative estimate of drug-likeness (QED) is 0.159. The highest BCUT2D eigenvalue weighted by Crippen LogP contribution is 2.32. The molecule has 2 heterocycles. The maximum atomic E-state index is 13.0. The third-order valence-corrected chi connectivity index (χ3v) is 6.45. The van der Waals surface area contributed by atoms with E-state index in [1.54, 1.807) is 18.2 Å². The number of aliphatic carboxylic acids is 1. The average molecular weight is 606 g/mol. The van der Waals surface area contributed by atoms with Gasteiger partial charge in [0.15, 0.2) is 11.5 Å². The SMILES string of the molecule is COc1cc(COc2nn(-c3ccc(C(F)(F)F)cc3)cc2/C=C/C(=O)O)ccc1OCc1nc(-c2ccccc2)oc1C. The normalized spacial score (nSPS) is 11.6. The lowest BCUT2D eigenvalue weighted by Gasteiger charge is -2.12. The zero-order chi connectivity index (χ0) is 31.3. The second kappa shape index (κ2) is 12.8. The van der Waals surface area contributed by atoms with Crippen LogP contribution in [0.3, 0.4) is 0 Å². The molecule has 0 aliphatic rings. The van der Waals surface area contributed by atoms with E-state index in [0.717, 1.165) is 23.8 Å². The van der Waals surface area contributed by atoms with Crippen molar-refractivity contribution in [2.24, 2.45) is 0 Å². The van der Waals surface area contributed by atoms with Crippen LogP contribution in [0.5, 0.6) is 17.4 Å². The van der Waals surface area contributed by atoms with Crippen LogP contribution in [-0.2, 0) is 24.2 Å². The highest BCUT2D eigenvalue weighted by Gasteiger charge is 2.30. The van der Waals surface area contributed by atoms with E-state index in [4.69, 9.17) is 23.7 Å². The molecule has 226 valence electrons. The summed E-state index contributed by atoms with van der Waals surface area (Å²) < 4.78 is 63.4. The summed E-state index contributed by atoms with van der Waals surface area (Å²) >= 11 is 0. The van der Waals surface area contributed by atoms with Crippen LogP contribution in [-0.4, -0.2) is 33.0 Å². The molecule has 0 fully saturated rings. The molecule has 0 atom stereocenters. The maximum Gasteiger partial charge on any atom is 0.416 e. The van der Waals surface area contributed by atoms with Crippen molar-refractivity contribution < 1.29 is 41.7 Å². The molecule has 2 aromatic heterocycles. The summed E-state index contributed by atoms with van der Waals surface area (Å²) in [4.78, 5) is 15.7. The molecule has 0 aliphatic carbocycles. The molecule has 9 nitrogen and oxygen atoms in total. The second-order valence-electron chi connectivity index (χ2n) is 9.50. The van der Waals surface area contributed by atoms with Crippen molar-refractivity contribution in [1.82, 2.24) is 14.8 Å². The topological polar surface area (TPSA) is 109 Å². The smallest absolute Gasteiger partial charge is 0.416 e. The predicted octanol–water partition coefficient (Wildman–Crippen LogP) is 7.12. The minimum absolute atomic E-state index is 0.0252. The number of methoxy groups -OCH3 is 1. The number of rotatable bonds is 11. The van der Waals surface area contributed by atoms with E-state index in [9.17, 15) is 18.0 Å². The first-order chi connectivity index (χ1) is 21.1. The fourth-order valence-corrected chi connectivity index (χ4v) is 4.18. The molecular weight excluding hydrogens is 579 g/mol. The molecule has 0 radical (unpaired) electrons. The van der Waals surface area contributed by atoms with Gasteiger partial charge in [-0.3, -0.25) is 0 Å². The van der Waals surface area contributed by atoms with E-state index >= 15 is 0 Å². The van der Waals surface area contributed by atoms with E-state index in [1.807, 2.05) is 37.3 Å². The van der Waals surface area contributed by atoms with Crippen molar-refractivity contribution in [3.05, 3.63) is 113 Å². The van der Waals surface area contributed by atoms with E-state index < -0.39 is 17.7 Å². The van der Waals surface area contributed by atoms with Gasteiger partial charge in [0.1, 0.15) is 24.7 Å². The summed E-state index contributed by atoms with van der Waals surface area (Å²) in [5.74, 6) is 0.942. The van der Waals surface area contributed by atoms with Gasteiger partial charge in [-0.15, -0.1) is 5.10 Å². The van der Waals surface area contributed by atoms with Crippen LogP contribution in [0.2, 0.25) is 0 Å². The molecule has 0 saturated carbocycles. The zero-order valence-corrected chi connectivity index (χ0v) is 23.5. The van der Waals surface area contributed by atoms with Crippen LogP contribution in [0, 0.1) is 6.92 Å². The lowest BCUT2D eigenvalue weighted by molar-refractivity contribution is -0.137. The fraction of sp³-hybridized carbons (Fsp3) is 0.156. The van der Waals surface area contributed by atoms with E-state index in [1.165, 1.54) is 36.2 Å². The van der Waals surface area contributed by atoms with Crippen molar-refractivity contribution in [1.29, 1.82) is 0 Å². The monoisotopic (exact) mass is 605 g/mol. The molecule has 0 saturated heterocycles. The number of oxazole rings is 1. The molecule has 5 aromatic rings. The van der Waals surface area contributed by atoms with Crippen LogP contribution >= 0.6 is 0 Å². The largest absolute Gasteiger partial charge is 0.493 e. The van der Waals surface area contributed by atoms with Crippen molar-refractivity contribution in [2.45, 2.75) is 26.3 Å². The second-order valence-corrected chi connectivity index (χ2v) is 9.50. The third-order valence-electron chi connectivity index (χ3n) is 6.45. The summed E-state index contributed by atoms with van der Waals surface area (Å²) in [6.45, 7) is 1.99. The number of carboxylic acid groups (broad SMARTS) is 1. The number of aromatic nitrogens is 3. The third kappa shape index (κ3) is 7.09. The van der Waals surface area contributed by atoms with Crippen LogP contribution < -0.4 is 14.2 Å². The van der Waals surface area contributed by atoms with Gasteiger partial charge in [-0.2, -0.15) is 13.2 Å². The Morgan fingerprint density at radius 2 is 1.75 bits per heavy atom. The Labute approximate surface area is 249 Å². The molecule has 44 heavy (non-hydrogen) atoms. The number of benzene rings is 3. The first-order valence-corrected chi connectivity index (χ1v) is 13.2. The highest BCUT2D eigenvalue weighted by atomic mass is 19.4. The molecular formula is C32H26F3N3O6. The van der Waals surface area contributed by atoms with Gasteiger partial charge in [-0.1, -0.05) is 24.3 Å². The molecule has 0 spiro atoms. The number of aryl methyl sites for hydroxylation is 1. The summed E-state index contributed by atoms with van der Waals surface area (Å²) in [7, 11) is 1.50. The zero-order valence-electron chi connectivity index (χ0n) is 23.5. The first kappa shape index (κ1) is 30.0. The average Bonchev–Trinajstić information content (AvgIpc) is 3.61. The Hall–Kier alpha value is -5.52. The molecule has 5 rings (SSSR count). The van der Waals surface area contributed by atoms with Gasteiger partial charge in [0, 0.05) is 17.8 Å². The van der Waals surface area contributed by atoms with Gasteiger partial charge < -0.3 is 23.7 Å². The fourth-order valence-electron chi connectivity index (χ4n) is 4.18. The van der Waals surface area contributed by atoms with Crippen molar-refractivity contribution in [2.75, 3.05) is 7.11 Å². The van der Waals surface area contributed by atoms with Crippen molar-refractivity contribution in [3.8, 4) is 34.5 Å². The number of ether oxygens (including phenoxy) is 3. The number of alkyl halides is 3. The molecule has 12 heteroatoms. The summed E-state index contributed by atoms with van der Waals surface area (Å²) in [5.41, 5.74) is 2.04. The lowest BCUT2D eigenvalue weighted by Crippen LogP contribution is -2.05. The van der Waals surface area contributed by atoms with Gasteiger partial charge in [0.05, 0.1) is 23.9 Å². The molecule has 0 amide bonds.